The Morgan fingerprint density at radius 1 is 1.28 bits per heavy atom. The fourth-order valence-electron chi connectivity index (χ4n) is 2.10. The van der Waals surface area contributed by atoms with Crippen molar-refractivity contribution in [1.29, 1.82) is 0 Å². The largest absolute Gasteiger partial charge is 0.438 e. The number of hydrazine groups is 1. The maximum atomic E-state index is 11.8. The van der Waals surface area contributed by atoms with E-state index in [0.717, 1.165) is 10.6 Å². The Bertz CT molecular complexity index is 461. The third-order valence-corrected chi connectivity index (χ3v) is 3.17. The Balaban J connectivity index is 2.28. The molecule has 0 radical (unpaired) electrons. The molecule has 2 atom stereocenters. The number of hydrogen-bond donors (Lipinski definition) is 0. The lowest BCUT2D eigenvalue weighted by Gasteiger charge is -2.42. The minimum Gasteiger partial charge on any atom is -0.438 e. The molecule has 0 N–H and O–H groups in total. The highest BCUT2D eigenvalue weighted by molar-refractivity contribution is 5.90. The number of rotatable bonds is 1. The molecule has 0 aromatic heterocycles. The Kier molecular flexibility index (Phi) is 3.34. The topological polar surface area (TPSA) is 49.9 Å². The van der Waals surface area contributed by atoms with Gasteiger partial charge >= 0.3 is 6.09 Å². The van der Waals surface area contributed by atoms with Gasteiger partial charge in [-0.15, -0.1) is 0 Å². The summed E-state index contributed by atoms with van der Waals surface area (Å²) >= 11 is 0. The normalized spacial score (nSPS) is 24.8. The lowest BCUT2D eigenvalue weighted by atomic mass is 10.0. The predicted octanol–water partition coefficient (Wildman–Crippen LogP) is 1.96. The van der Waals surface area contributed by atoms with Crippen LogP contribution in [0.15, 0.2) is 30.3 Å². The number of ether oxygens (including phenoxy) is 1. The van der Waals surface area contributed by atoms with Gasteiger partial charge in [0.05, 0.1) is 6.04 Å². The smallest absolute Gasteiger partial charge is 0.432 e. The first-order chi connectivity index (χ1) is 8.52. The second kappa shape index (κ2) is 4.78. The molecule has 96 valence electrons. The predicted molar refractivity (Wildman–Crippen MR) is 65.4 cm³/mol. The molecule has 5 heteroatoms. The van der Waals surface area contributed by atoms with Gasteiger partial charge in [-0.2, -0.15) is 5.01 Å². The maximum absolute atomic E-state index is 11.8. The Labute approximate surface area is 106 Å². The fourth-order valence-corrected chi connectivity index (χ4v) is 2.10. The van der Waals surface area contributed by atoms with Gasteiger partial charge in [-0.25, -0.2) is 9.80 Å². The lowest BCUT2D eigenvalue weighted by Crippen LogP contribution is -2.57. The van der Waals surface area contributed by atoms with Gasteiger partial charge in [0.1, 0.15) is 6.10 Å². The second-order valence-electron chi connectivity index (χ2n) is 4.36. The number of carbonyl (C=O) groups excluding carboxylic acids is 2. The van der Waals surface area contributed by atoms with Gasteiger partial charge in [-0.1, -0.05) is 30.3 Å². The van der Waals surface area contributed by atoms with Crippen LogP contribution in [0.2, 0.25) is 0 Å². The molecular formula is C13H16N2O3. The summed E-state index contributed by atoms with van der Waals surface area (Å²) < 4.78 is 5.35. The first-order valence-corrected chi connectivity index (χ1v) is 5.81. The van der Waals surface area contributed by atoms with E-state index in [9.17, 15) is 9.59 Å². The Morgan fingerprint density at radius 2 is 1.89 bits per heavy atom. The Morgan fingerprint density at radius 3 is 2.44 bits per heavy atom. The molecule has 1 aliphatic rings. The number of carbonyl (C=O) groups is 2. The van der Waals surface area contributed by atoms with E-state index in [2.05, 4.69) is 0 Å². The standard InChI is InChI=1S/C13H16N2O3/c1-9-12(11-7-5-4-6-8-11)18-13(17)15(10(2)16)14(9)3/h4-9,12H,1-3H3/t9-,12+/m0/s1. The third kappa shape index (κ3) is 2.09. The van der Waals surface area contributed by atoms with E-state index >= 15 is 0 Å². The van der Waals surface area contributed by atoms with Gasteiger partial charge in [0.15, 0.2) is 0 Å². The number of benzene rings is 1. The summed E-state index contributed by atoms with van der Waals surface area (Å²) in [6.07, 6.45) is -0.990. The van der Waals surface area contributed by atoms with E-state index in [4.69, 9.17) is 4.74 Å². The molecule has 1 fully saturated rings. The molecule has 5 nitrogen and oxygen atoms in total. The molecule has 0 aliphatic carbocycles. The van der Waals surface area contributed by atoms with Crippen LogP contribution in [-0.2, 0) is 9.53 Å². The van der Waals surface area contributed by atoms with Gasteiger partial charge in [0.2, 0.25) is 5.91 Å². The highest BCUT2D eigenvalue weighted by Crippen LogP contribution is 2.30. The highest BCUT2D eigenvalue weighted by atomic mass is 16.6. The van der Waals surface area contributed by atoms with Crippen molar-refractivity contribution < 1.29 is 14.3 Å². The summed E-state index contributed by atoms with van der Waals surface area (Å²) in [4.78, 5) is 23.2. The van der Waals surface area contributed by atoms with Gasteiger partial charge in [-0.3, -0.25) is 4.79 Å². The number of nitrogens with zero attached hydrogens (tertiary/aromatic N) is 2. The van der Waals surface area contributed by atoms with Crippen LogP contribution < -0.4 is 0 Å². The molecule has 1 saturated heterocycles. The van der Waals surface area contributed by atoms with Crippen LogP contribution in [0.25, 0.3) is 0 Å². The maximum Gasteiger partial charge on any atom is 0.432 e. The minimum absolute atomic E-state index is 0.103. The van der Waals surface area contributed by atoms with Gasteiger partial charge in [0.25, 0.3) is 0 Å². The molecule has 0 unspecified atom stereocenters. The Hall–Kier alpha value is -1.88. The van der Waals surface area contributed by atoms with E-state index in [1.54, 1.807) is 12.1 Å². The van der Waals surface area contributed by atoms with Crippen molar-refractivity contribution >= 4 is 12.0 Å². The summed E-state index contributed by atoms with van der Waals surface area (Å²) in [5, 5.41) is 2.63. The first kappa shape index (κ1) is 12.6. The SMILES string of the molecule is CC(=O)N1C(=O)O[C@@H](c2ccccc2)[C@H](C)N1C. The van der Waals surface area contributed by atoms with Crippen LogP contribution in [0.3, 0.4) is 0 Å². The summed E-state index contributed by atoms with van der Waals surface area (Å²) in [5.74, 6) is -0.346. The van der Waals surface area contributed by atoms with E-state index in [0.29, 0.717) is 0 Å². The first-order valence-electron chi connectivity index (χ1n) is 5.81. The monoisotopic (exact) mass is 248 g/mol. The molecule has 1 heterocycles. The van der Waals surface area contributed by atoms with Crippen LogP contribution in [0.5, 0.6) is 0 Å². The summed E-state index contributed by atoms with van der Waals surface area (Å²) in [7, 11) is 1.71. The van der Waals surface area contributed by atoms with Crippen molar-refractivity contribution in [2.24, 2.45) is 0 Å². The van der Waals surface area contributed by atoms with Gasteiger partial charge in [0, 0.05) is 14.0 Å². The zero-order chi connectivity index (χ0) is 13.3. The van der Waals surface area contributed by atoms with Crippen LogP contribution in [0.4, 0.5) is 4.79 Å². The van der Waals surface area contributed by atoms with Crippen molar-refractivity contribution in [1.82, 2.24) is 10.0 Å². The van der Waals surface area contributed by atoms with Gasteiger partial charge < -0.3 is 4.74 Å². The van der Waals surface area contributed by atoms with Crippen molar-refractivity contribution in [3.63, 3.8) is 0 Å². The van der Waals surface area contributed by atoms with Crippen molar-refractivity contribution in [3.05, 3.63) is 35.9 Å². The lowest BCUT2D eigenvalue weighted by molar-refractivity contribution is -0.160. The molecule has 0 spiro atoms. The summed E-state index contributed by atoms with van der Waals surface area (Å²) in [5.41, 5.74) is 0.924. The average molecular weight is 248 g/mol. The number of hydrogen-bond acceptors (Lipinski definition) is 4. The van der Waals surface area contributed by atoms with Gasteiger partial charge in [-0.05, 0) is 12.5 Å². The molecule has 1 aromatic carbocycles. The fraction of sp³-hybridized carbons (Fsp3) is 0.385. The number of cyclic esters (lactones) is 1. The number of amides is 2. The average Bonchev–Trinajstić information content (AvgIpc) is 2.34. The van der Waals surface area contributed by atoms with E-state index < -0.39 is 6.09 Å². The van der Waals surface area contributed by atoms with E-state index in [-0.39, 0.29) is 18.1 Å². The molecule has 0 bridgehead atoms. The van der Waals surface area contributed by atoms with E-state index in [1.165, 1.54) is 6.92 Å². The van der Waals surface area contributed by atoms with E-state index in [1.807, 2.05) is 37.3 Å². The van der Waals surface area contributed by atoms with Crippen molar-refractivity contribution in [2.75, 3.05) is 7.05 Å². The molecule has 0 saturated carbocycles. The summed E-state index contributed by atoms with van der Waals surface area (Å²) in [6, 6.07) is 9.41. The molecule has 2 amide bonds. The minimum atomic E-state index is -0.628. The number of imide groups is 1. The molecular weight excluding hydrogens is 232 g/mol. The zero-order valence-electron chi connectivity index (χ0n) is 10.7. The molecule has 1 aromatic rings. The number of likely N-dealkylation sites (N-methyl/N-ethyl adjacent to an activating group) is 1. The molecule has 1 aliphatic heterocycles. The van der Waals surface area contributed by atoms with Crippen molar-refractivity contribution in [3.8, 4) is 0 Å². The van der Waals surface area contributed by atoms with Crippen LogP contribution in [-0.4, -0.2) is 35.1 Å². The van der Waals surface area contributed by atoms with Crippen LogP contribution in [0, 0.1) is 0 Å². The molecule has 2 rings (SSSR count). The quantitative estimate of drug-likeness (QED) is 0.762. The second-order valence-corrected chi connectivity index (χ2v) is 4.36. The zero-order valence-corrected chi connectivity index (χ0v) is 10.7. The third-order valence-electron chi connectivity index (χ3n) is 3.17. The molecule has 18 heavy (non-hydrogen) atoms. The van der Waals surface area contributed by atoms with Crippen LogP contribution in [0.1, 0.15) is 25.5 Å². The summed E-state index contributed by atoms with van der Waals surface area (Å²) in [6.45, 7) is 3.26. The van der Waals surface area contributed by atoms with Crippen LogP contribution >= 0.6 is 0 Å². The highest BCUT2D eigenvalue weighted by Gasteiger charge is 2.40. The van der Waals surface area contributed by atoms with Crippen molar-refractivity contribution in [2.45, 2.75) is 26.0 Å².